The van der Waals surface area contributed by atoms with Gasteiger partial charge in [0.05, 0.1) is 4.47 Å². The highest BCUT2D eigenvalue weighted by molar-refractivity contribution is 9.10. The summed E-state index contributed by atoms with van der Waals surface area (Å²) in [6.07, 6.45) is 3.31. The molecule has 5 nitrogen and oxygen atoms in total. The van der Waals surface area contributed by atoms with Crippen LogP contribution in [0.5, 0.6) is 0 Å². The lowest BCUT2D eigenvalue weighted by atomic mass is 10.2. The zero-order chi connectivity index (χ0) is 15.6. The van der Waals surface area contributed by atoms with Gasteiger partial charge in [-0.1, -0.05) is 13.8 Å². The molecule has 0 atom stereocenters. The molecule has 2 rings (SSSR count). The standard InChI is InChI=1S/C15H17BrN4O/c1-9(2)14-18-8-12(16)13(19-14)15(21)20(4)11-5-6-17-10(3)7-11/h5-9H,1-4H3. The van der Waals surface area contributed by atoms with Gasteiger partial charge in [-0.3, -0.25) is 9.78 Å². The highest BCUT2D eigenvalue weighted by Gasteiger charge is 2.20. The van der Waals surface area contributed by atoms with Crippen LogP contribution in [0.1, 0.15) is 41.8 Å². The minimum atomic E-state index is -0.184. The van der Waals surface area contributed by atoms with E-state index >= 15 is 0 Å². The van der Waals surface area contributed by atoms with Crippen molar-refractivity contribution in [2.24, 2.45) is 0 Å². The Morgan fingerprint density at radius 1 is 1.33 bits per heavy atom. The number of pyridine rings is 1. The molecule has 0 N–H and O–H groups in total. The van der Waals surface area contributed by atoms with Gasteiger partial charge in [0, 0.05) is 36.7 Å². The van der Waals surface area contributed by atoms with Gasteiger partial charge >= 0.3 is 0 Å². The van der Waals surface area contributed by atoms with Gasteiger partial charge in [-0.05, 0) is 35.0 Å². The molecule has 0 aliphatic rings. The fourth-order valence-corrected chi connectivity index (χ4v) is 2.18. The molecule has 0 radical (unpaired) electrons. The van der Waals surface area contributed by atoms with E-state index in [4.69, 9.17) is 0 Å². The van der Waals surface area contributed by atoms with Crippen LogP contribution >= 0.6 is 15.9 Å². The van der Waals surface area contributed by atoms with Crippen LogP contribution in [-0.2, 0) is 0 Å². The number of amides is 1. The molecule has 6 heteroatoms. The maximum absolute atomic E-state index is 12.6. The summed E-state index contributed by atoms with van der Waals surface area (Å²) in [6, 6.07) is 3.65. The van der Waals surface area contributed by atoms with Gasteiger partial charge in [-0.2, -0.15) is 0 Å². The number of carbonyl (C=O) groups excluding carboxylic acids is 1. The quantitative estimate of drug-likeness (QED) is 0.853. The van der Waals surface area contributed by atoms with Crippen LogP contribution < -0.4 is 4.90 Å². The number of aromatic nitrogens is 3. The molecular formula is C15H17BrN4O. The SMILES string of the molecule is Cc1cc(N(C)C(=O)c2nc(C(C)C)ncc2Br)ccn1. The van der Waals surface area contributed by atoms with E-state index < -0.39 is 0 Å². The smallest absolute Gasteiger partial charge is 0.277 e. The molecule has 0 aliphatic carbocycles. The van der Waals surface area contributed by atoms with E-state index in [1.54, 1.807) is 30.4 Å². The number of aryl methyl sites for hydroxylation is 1. The topological polar surface area (TPSA) is 59.0 Å². The van der Waals surface area contributed by atoms with Crippen LogP contribution in [0.4, 0.5) is 5.69 Å². The van der Waals surface area contributed by atoms with E-state index in [9.17, 15) is 4.79 Å². The Morgan fingerprint density at radius 2 is 2.05 bits per heavy atom. The Labute approximate surface area is 132 Å². The number of anilines is 1. The van der Waals surface area contributed by atoms with Crippen LogP contribution in [0.15, 0.2) is 29.0 Å². The van der Waals surface area contributed by atoms with Crippen molar-refractivity contribution in [2.75, 3.05) is 11.9 Å². The molecule has 0 saturated carbocycles. The lowest BCUT2D eigenvalue weighted by molar-refractivity contribution is 0.0987. The highest BCUT2D eigenvalue weighted by Crippen LogP contribution is 2.21. The molecule has 0 unspecified atom stereocenters. The van der Waals surface area contributed by atoms with Crippen molar-refractivity contribution in [3.05, 3.63) is 46.2 Å². The summed E-state index contributed by atoms with van der Waals surface area (Å²) in [4.78, 5) is 26.9. The maximum atomic E-state index is 12.6. The van der Waals surface area contributed by atoms with Gasteiger partial charge in [0.15, 0.2) is 0 Å². The molecule has 0 fully saturated rings. The number of rotatable bonds is 3. The first kappa shape index (κ1) is 15.6. The normalized spacial score (nSPS) is 10.8. The van der Waals surface area contributed by atoms with E-state index in [0.717, 1.165) is 11.4 Å². The summed E-state index contributed by atoms with van der Waals surface area (Å²) in [5.41, 5.74) is 2.01. The molecule has 2 aromatic rings. The van der Waals surface area contributed by atoms with E-state index in [-0.39, 0.29) is 11.8 Å². The summed E-state index contributed by atoms with van der Waals surface area (Å²) >= 11 is 3.35. The van der Waals surface area contributed by atoms with Crippen molar-refractivity contribution < 1.29 is 4.79 Å². The number of hydrogen-bond acceptors (Lipinski definition) is 4. The van der Waals surface area contributed by atoms with Gasteiger partial charge in [-0.15, -0.1) is 0 Å². The average molecular weight is 349 g/mol. The molecule has 0 aromatic carbocycles. The van der Waals surface area contributed by atoms with Crippen molar-refractivity contribution in [1.29, 1.82) is 0 Å². The lowest BCUT2D eigenvalue weighted by Crippen LogP contribution is -2.28. The first-order valence-corrected chi connectivity index (χ1v) is 7.42. The van der Waals surface area contributed by atoms with Crippen LogP contribution in [-0.4, -0.2) is 27.9 Å². The second kappa shape index (κ2) is 6.30. The Bertz CT molecular complexity index is 672. The van der Waals surface area contributed by atoms with Crippen molar-refractivity contribution >= 4 is 27.5 Å². The third-order valence-corrected chi connectivity index (χ3v) is 3.63. The number of halogens is 1. The summed E-state index contributed by atoms with van der Waals surface area (Å²) < 4.78 is 0.592. The Hall–Kier alpha value is -1.82. The van der Waals surface area contributed by atoms with Crippen molar-refractivity contribution in [1.82, 2.24) is 15.0 Å². The number of carbonyl (C=O) groups is 1. The minimum Gasteiger partial charge on any atom is -0.310 e. The minimum absolute atomic E-state index is 0.165. The molecule has 2 aromatic heterocycles. The van der Waals surface area contributed by atoms with Crippen LogP contribution in [0, 0.1) is 6.92 Å². The van der Waals surface area contributed by atoms with Crippen LogP contribution in [0.3, 0.4) is 0 Å². The summed E-state index contributed by atoms with van der Waals surface area (Å²) in [7, 11) is 1.72. The molecule has 0 saturated heterocycles. The zero-order valence-corrected chi connectivity index (χ0v) is 14.0. The van der Waals surface area contributed by atoms with E-state index in [2.05, 4.69) is 30.9 Å². The third kappa shape index (κ3) is 3.44. The molecular weight excluding hydrogens is 332 g/mol. The molecule has 110 valence electrons. The van der Waals surface area contributed by atoms with E-state index in [1.807, 2.05) is 26.8 Å². The first-order chi connectivity index (χ1) is 9.90. The molecule has 21 heavy (non-hydrogen) atoms. The zero-order valence-electron chi connectivity index (χ0n) is 12.5. The van der Waals surface area contributed by atoms with Crippen molar-refractivity contribution in [2.45, 2.75) is 26.7 Å². The molecule has 0 aliphatic heterocycles. The van der Waals surface area contributed by atoms with E-state index in [1.165, 1.54) is 0 Å². The predicted molar refractivity (Wildman–Crippen MR) is 85.5 cm³/mol. The van der Waals surface area contributed by atoms with E-state index in [0.29, 0.717) is 16.0 Å². The second-order valence-electron chi connectivity index (χ2n) is 5.10. The fourth-order valence-electron chi connectivity index (χ4n) is 1.82. The number of hydrogen-bond donors (Lipinski definition) is 0. The summed E-state index contributed by atoms with van der Waals surface area (Å²) in [6.45, 7) is 5.88. The van der Waals surface area contributed by atoms with Gasteiger partial charge in [-0.25, -0.2) is 9.97 Å². The third-order valence-electron chi connectivity index (χ3n) is 3.05. The monoisotopic (exact) mass is 348 g/mol. The van der Waals surface area contributed by atoms with Gasteiger partial charge in [0.1, 0.15) is 11.5 Å². The average Bonchev–Trinajstić information content (AvgIpc) is 2.46. The lowest BCUT2D eigenvalue weighted by Gasteiger charge is -2.18. The van der Waals surface area contributed by atoms with Crippen LogP contribution in [0.25, 0.3) is 0 Å². The Kier molecular flexibility index (Phi) is 4.67. The Morgan fingerprint density at radius 3 is 2.67 bits per heavy atom. The largest absolute Gasteiger partial charge is 0.310 e. The molecule has 0 bridgehead atoms. The second-order valence-corrected chi connectivity index (χ2v) is 5.95. The van der Waals surface area contributed by atoms with Gasteiger partial charge < -0.3 is 4.90 Å². The van der Waals surface area contributed by atoms with Crippen LogP contribution in [0.2, 0.25) is 0 Å². The Balaban J connectivity index is 2.37. The fraction of sp³-hybridized carbons (Fsp3) is 0.333. The maximum Gasteiger partial charge on any atom is 0.277 e. The van der Waals surface area contributed by atoms with Crippen molar-refractivity contribution in [3.63, 3.8) is 0 Å². The highest BCUT2D eigenvalue weighted by atomic mass is 79.9. The first-order valence-electron chi connectivity index (χ1n) is 6.63. The van der Waals surface area contributed by atoms with Gasteiger partial charge in [0.2, 0.25) is 0 Å². The molecule has 1 amide bonds. The molecule has 2 heterocycles. The molecule has 0 spiro atoms. The summed E-state index contributed by atoms with van der Waals surface area (Å²) in [5.74, 6) is 0.635. The van der Waals surface area contributed by atoms with Crippen molar-refractivity contribution in [3.8, 4) is 0 Å². The van der Waals surface area contributed by atoms with Gasteiger partial charge in [0.25, 0.3) is 5.91 Å². The summed E-state index contributed by atoms with van der Waals surface area (Å²) in [5, 5.41) is 0. The number of nitrogens with zero attached hydrogens (tertiary/aromatic N) is 4. The predicted octanol–water partition coefficient (Wildman–Crippen LogP) is 3.34.